The Bertz CT molecular complexity index is 1160. The number of alkyl halides is 3. The lowest BCUT2D eigenvalue weighted by Crippen LogP contribution is -2.54. The Balaban J connectivity index is 1.18. The Labute approximate surface area is 233 Å². The molecule has 216 valence electrons. The first kappa shape index (κ1) is 28.4. The van der Waals surface area contributed by atoms with Crippen molar-refractivity contribution in [1.29, 1.82) is 5.26 Å². The summed E-state index contributed by atoms with van der Waals surface area (Å²) in [5.74, 6) is 2.18. The van der Waals surface area contributed by atoms with Gasteiger partial charge in [-0.3, -0.25) is 0 Å². The molecule has 5 rings (SSSR count). The van der Waals surface area contributed by atoms with E-state index in [1.54, 1.807) is 12.1 Å². The molecule has 3 fully saturated rings. The van der Waals surface area contributed by atoms with E-state index in [9.17, 15) is 18.4 Å². The van der Waals surface area contributed by atoms with Crippen LogP contribution in [0, 0.1) is 29.1 Å². The van der Waals surface area contributed by atoms with E-state index in [0.29, 0.717) is 59.4 Å². The number of aromatic nitrogens is 2. The molecule has 3 saturated carbocycles. The highest BCUT2D eigenvalue weighted by Crippen LogP contribution is 2.43. The minimum absolute atomic E-state index is 0.0326. The molecule has 2 aromatic rings. The van der Waals surface area contributed by atoms with E-state index in [-0.39, 0.29) is 18.2 Å². The van der Waals surface area contributed by atoms with Crippen LogP contribution in [0.4, 0.5) is 24.9 Å². The molecule has 1 aromatic carbocycles. The van der Waals surface area contributed by atoms with Crippen molar-refractivity contribution in [3.05, 3.63) is 41.6 Å². The van der Waals surface area contributed by atoms with Gasteiger partial charge in [-0.25, -0.2) is 4.98 Å². The monoisotopic (exact) mass is 557 g/mol. The number of hydrogen-bond donors (Lipinski definition) is 4. The van der Waals surface area contributed by atoms with Crippen molar-refractivity contribution < 1.29 is 17.9 Å². The first-order valence-corrected chi connectivity index (χ1v) is 14.4. The number of benzene rings is 1. The van der Waals surface area contributed by atoms with Crippen LogP contribution in [0.2, 0.25) is 0 Å². The van der Waals surface area contributed by atoms with Crippen molar-refractivity contribution in [3.63, 3.8) is 0 Å². The highest BCUT2D eigenvalue weighted by molar-refractivity contribution is 5.53. The maximum atomic E-state index is 12.8. The van der Waals surface area contributed by atoms with Crippen LogP contribution in [0.1, 0.15) is 68.9 Å². The summed E-state index contributed by atoms with van der Waals surface area (Å²) in [6.45, 7) is 0.746. The number of halogens is 3. The predicted octanol–water partition coefficient (Wildman–Crippen LogP) is 5.33. The summed E-state index contributed by atoms with van der Waals surface area (Å²) in [5.41, 5.74) is 6.76. The van der Waals surface area contributed by atoms with Gasteiger partial charge in [0.2, 0.25) is 5.95 Å². The van der Waals surface area contributed by atoms with Gasteiger partial charge in [0.25, 0.3) is 0 Å². The zero-order valence-corrected chi connectivity index (χ0v) is 22.6. The third-order valence-corrected chi connectivity index (χ3v) is 8.74. The number of nitrogens with two attached hydrogens (primary N) is 1. The van der Waals surface area contributed by atoms with Gasteiger partial charge in [-0.2, -0.15) is 10.2 Å². The Hall–Kier alpha value is -3.10. The first-order valence-electron chi connectivity index (χ1n) is 14.4. The van der Waals surface area contributed by atoms with Crippen molar-refractivity contribution in [2.45, 2.75) is 88.8 Å². The molecule has 1 aromatic heterocycles. The summed E-state index contributed by atoms with van der Waals surface area (Å²) in [6.07, 6.45) is 7.28. The van der Waals surface area contributed by atoms with E-state index in [0.717, 1.165) is 25.7 Å². The van der Waals surface area contributed by atoms with Crippen LogP contribution in [0.5, 0.6) is 5.75 Å². The number of nitrogens with zero attached hydrogens (tertiary/aromatic N) is 3. The van der Waals surface area contributed by atoms with Gasteiger partial charge >= 0.3 is 6.36 Å². The molecule has 0 saturated heterocycles. The topological polar surface area (TPSA) is 121 Å². The molecule has 4 atom stereocenters. The molecule has 2 unspecified atom stereocenters. The van der Waals surface area contributed by atoms with Crippen molar-refractivity contribution in [1.82, 2.24) is 15.3 Å². The van der Waals surface area contributed by atoms with E-state index in [4.69, 9.17) is 5.73 Å². The molecule has 8 nitrogen and oxygen atoms in total. The molecule has 5 N–H and O–H groups in total. The van der Waals surface area contributed by atoms with E-state index in [2.05, 4.69) is 36.7 Å². The van der Waals surface area contributed by atoms with Crippen LogP contribution in [0.15, 0.2) is 30.5 Å². The van der Waals surface area contributed by atoms with Gasteiger partial charge in [-0.1, -0.05) is 24.6 Å². The number of nitriles is 1. The van der Waals surface area contributed by atoms with Gasteiger partial charge in [-0.05, 0) is 75.2 Å². The van der Waals surface area contributed by atoms with E-state index < -0.39 is 6.36 Å². The number of nitrogens with one attached hydrogen (secondary N) is 3. The fourth-order valence-electron chi connectivity index (χ4n) is 6.84. The van der Waals surface area contributed by atoms with E-state index in [1.807, 2.05) is 0 Å². The molecule has 40 heavy (non-hydrogen) atoms. The number of fused-ring (bicyclic) bond motifs is 2. The van der Waals surface area contributed by atoms with E-state index >= 15 is 0 Å². The lowest BCUT2D eigenvalue weighted by atomic mass is 9.64. The molecule has 0 aliphatic heterocycles. The number of anilines is 2. The molecule has 3 aliphatic rings. The third kappa shape index (κ3) is 7.34. The Morgan fingerprint density at radius 2 is 1.75 bits per heavy atom. The predicted molar refractivity (Wildman–Crippen MR) is 146 cm³/mol. The van der Waals surface area contributed by atoms with Crippen LogP contribution >= 0.6 is 0 Å². The normalized spacial score (nSPS) is 28.4. The SMILES string of the molecule is N#Cc1cnc(NCc2ccccc2OC(F)(F)F)nc1NCC1C[C@H]2CCC[C@@H](C1)C2NC1CCC(N)CC1. The maximum Gasteiger partial charge on any atom is 0.573 e. The number of para-hydroxylation sites is 1. The molecular formula is C29H38F3N7O. The zero-order chi connectivity index (χ0) is 28.1. The third-order valence-electron chi connectivity index (χ3n) is 8.74. The van der Waals surface area contributed by atoms with Crippen LogP contribution < -0.4 is 26.4 Å². The molecule has 0 amide bonds. The van der Waals surface area contributed by atoms with Crippen LogP contribution in [0.3, 0.4) is 0 Å². The summed E-state index contributed by atoms with van der Waals surface area (Å²) in [5, 5.41) is 20.0. The Morgan fingerprint density at radius 3 is 2.45 bits per heavy atom. The first-order chi connectivity index (χ1) is 19.3. The Morgan fingerprint density at radius 1 is 1.02 bits per heavy atom. The molecule has 1 heterocycles. The van der Waals surface area contributed by atoms with Gasteiger partial charge in [-0.15, -0.1) is 13.2 Å². The summed E-state index contributed by atoms with van der Waals surface area (Å²) in [4.78, 5) is 8.65. The van der Waals surface area contributed by atoms with E-state index in [1.165, 1.54) is 50.4 Å². The Kier molecular flexibility index (Phi) is 8.96. The molecular weight excluding hydrogens is 519 g/mol. The van der Waals surface area contributed by atoms with Gasteiger partial charge in [0.15, 0.2) is 0 Å². The minimum atomic E-state index is -4.78. The van der Waals surface area contributed by atoms with Crippen molar-refractivity contribution in [3.8, 4) is 11.8 Å². The molecule has 2 bridgehead atoms. The molecule has 3 aliphatic carbocycles. The second kappa shape index (κ2) is 12.6. The summed E-state index contributed by atoms with van der Waals surface area (Å²) in [7, 11) is 0. The fourth-order valence-corrected chi connectivity index (χ4v) is 6.84. The minimum Gasteiger partial charge on any atom is -0.405 e. The zero-order valence-electron chi connectivity index (χ0n) is 22.6. The van der Waals surface area contributed by atoms with Crippen molar-refractivity contribution in [2.24, 2.45) is 23.5 Å². The van der Waals surface area contributed by atoms with Gasteiger partial charge in [0.05, 0.1) is 6.20 Å². The second-order valence-corrected chi connectivity index (χ2v) is 11.6. The summed E-state index contributed by atoms with van der Waals surface area (Å²) < 4.78 is 42.4. The van der Waals surface area contributed by atoms with Crippen molar-refractivity contribution in [2.75, 3.05) is 17.2 Å². The van der Waals surface area contributed by atoms with Crippen LogP contribution in [-0.4, -0.2) is 41.0 Å². The van der Waals surface area contributed by atoms with Gasteiger partial charge < -0.3 is 26.4 Å². The summed E-state index contributed by atoms with van der Waals surface area (Å²) >= 11 is 0. The van der Waals surface area contributed by atoms with Crippen LogP contribution in [-0.2, 0) is 6.54 Å². The summed E-state index contributed by atoms with van der Waals surface area (Å²) in [6, 6.07) is 9.58. The van der Waals surface area contributed by atoms with Crippen LogP contribution in [0.25, 0.3) is 0 Å². The highest BCUT2D eigenvalue weighted by atomic mass is 19.4. The molecule has 11 heteroatoms. The molecule has 0 radical (unpaired) electrons. The largest absolute Gasteiger partial charge is 0.573 e. The lowest BCUT2D eigenvalue weighted by Gasteiger charge is -2.48. The maximum absolute atomic E-state index is 12.8. The average molecular weight is 558 g/mol. The number of ether oxygens (including phenoxy) is 1. The average Bonchev–Trinajstić information content (AvgIpc) is 2.92. The number of hydrogen-bond acceptors (Lipinski definition) is 8. The quantitative estimate of drug-likeness (QED) is 0.327. The number of rotatable bonds is 9. The van der Waals surface area contributed by atoms with Gasteiger partial charge in [0.1, 0.15) is 23.2 Å². The standard InChI is InChI=1S/C29H38F3N7O/c30-29(31,32)40-25-7-2-1-4-21(25)16-36-28-37-17-22(14-33)27(39-28)35-15-18-12-19-5-3-6-20(13-18)26(19)38-24-10-8-23(34)9-11-24/h1-2,4,7,17-20,23-24,26,38H,3,5-6,8-13,15-16,34H2,(H2,35,36,37,39)/t18?,19-,20+,23?,24?,26?. The molecule has 0 spiro atoms. The lowest BCUT2D eigenvalue weighted by molar-refractivity contribution is -0.274. The fraction of sp³-hybridized carbons (Fsp3) is 0.621. The highest BCUT2D eigenvalue weighted by Gasteiger charge is 2.41. The smallest absolute Gasteiger partial charge is 0.405 e. The van der Waals surface area contributed by atoms with Gasteiger partial charge in [0, 0.05) is 36.8 Å². The second-order valence-electron chi connectivity index (χ2n) is 11.6. The van der Waals surface area contributed by atoms with Crippen molar-refractivity contribution >= 4 is 11.8 Å².